The van der Waals surface area contributed by atoms with Crippen LogP contribution in [-0.4, -0.2) is 18.0 Å². The second kappa shape index (κ2) is 6.82. The number of methoxy groups -OCH3 is 1. The molecular formula is C16H13BrN2O2S2. The van der Waals surface area contributed by atoms with Crippen LogP contribution in [0.5, 0.6) is 5.75 Å². The van der Waals surface area contributed by atoms with Crippen LogP contribution in [-0.2, 0) is 0 Å². The summed E-state index contributed by atoms with van der Waals surface area (Å²) in [4.78, 5) is 17.3. The maximum Gasteiger partial charge on any atom is 0.267 e. The molecule has 0 saturated carbocycles. The van der Waals surface area contributed by atoms with Gasteiger partial charge in [0.1, 0.15) is 5.75 Å². The molecule has 118 valence electrons. The van der Waals surface area contributed by atoms with E-state index in [1.54, 1.807) is 13.2 Å². The molecular weight excluding hydrogens is 396 g/mol. The first-order valence-electron chi connectivity index (χ1n) is 6.74. The van der Waals surface area contributed by atoms with Crippen molar-refractivity contribution in [1.29, 1.82) is 0 Å². The number of thiophene rings is 1. The first kappa shape index (κ1) is 16.2. The van der Waals surface area contributed by atoms with Gasteiger partial charge in [0.05, 0.1) is 21.5 Å². The topological polar surface area (TPSA) is 51.2 Å². The summed E-state index contributed by atoms with van der Waals surface area (Å²) in [6.45, 7) is 2.02. The van der Waals surface area contributed by atoms with E-state index in [0.29, 0.717) is 10.0 Å². The van der Waals surface area contributed by atoms with Crippen LogP contribution in [0.4, 0.5) is 5.13 Å². The smallest absolute Gasteiger partial charge is 0.267 e. The molecule has 2 aromatic heterocycles. The number of aromatic nitrogens is 1. The number of nitrogens with zero attached hydrogens (tertiary/aromatic N) is 1. The zero-order chi connectivity index (χ0) is 16.4. The van der Waals surface area contributed by atoms with Crippen molar-refractivity contribution in [1.82, 2.24) is 4.98 Å². The van der Waals surface area contributed by atoms with Gasteiger partial charge in [-0.15, -0.1) is 22.7 Å². The number of benzene rings is 1. The summed E-state index contributed by atoms with van der Waals surface area (Å²) in [7, 11) is 1.64. The Bertz CT molecular complexity index is 857. The molecule has 3 aromatic rings. The summed E-state index contributed by atoms with van der Waals surface area (Å²) in [5.41, 5.74) is 2.84. The molecule has 1 amide bonds. The van der Waals surface area contributed by atoms with Crippen molar-refractivity contribution in [3.63, 3.8) is 0 Å². The minimum absolute atomic E-state index is 0.155. The predicted molar refractivity (Wildman–Crippen MR) is 98.8 cm³/mol. The summed E-state index contributed by atoms with van der Waals surface area (Å²) in [5, 5.41) is 5.31. The number of aryl methyl sites for hydroxylation is 1. The van der Waals surface area contributed by atoms with E-state index < -0.39 is 0 Å². The highest BCUT2D eigenvalue weighted by Crippen LogP contribution is 2.33. The molecule has 0 radical (unpaired) electrons. The first-order chi connectivity index (χ1) is 11.1. The summed E-state index contributed by atoms with van der Waals surface area (Å²) in [5.74, 6) is 0.610. The standard InChI is InChI=1S/C16H13BrN2O2S2/c1-9-3-4-12(21-2)10(7-9)11-8-22-16(18-11)19-15(20)13-5-6-14(17)23-13/h3-8H,1-2H3,(H,18,19,20). The molecule has 0 aliphatic carbocycles. The fourth-order valence-electron chi connectivity index (χ4n) is 2.07. The van der Waals surface area contributed by atoms with Gasteiger partial charge in [-0.3, -0.25) is 10.1 Å². The Hall–Kier alpha value is -1.70. The number of hydrogen-bond acceptors (Lipinski definition) is 5. The van der Waals surface area contributed by atoms with E-state index in [9.17, 15) is 4.79 Å². The maximum absolute atomic E-state index is 12.2. The zero-order valence-corrected chi connectivity index (χ0v) is 15.6. The van der Waals surface area contributed by atoms with E-state index in [1.807, 2.05) is 36.6 Å². The molecule has 0 unspecified atom stereocenters. The molecule has 0 bridgehead atoms. The van der Waals surface area contributed by atoms with Crippen LogP contribution in [0.25, 0.3) is 11.3 Å². The van der Waals surface area contributed by atoms with Crippen LogP contribution < -0.4 is 10.1 Å². The molecule has 4 nitrogen and oxygen atoms in total. The van der Waals surface area contributed by atoms with Crippen molar-refractivity contribution >= 4 is 49.6 Å². The van der Waals surface area contributed by atoms with Crippen LogP contribution in [0.3, 0.4) is 0 Å². The van der Waals surface area contributed by atoms with E-state index in [0.717, 1.165) is 26.4 Å². The number of amides is 1. The molecule has 7 heteroatoms. The Kier molecular flexibility index (Phi) is 4.79. The van der Waals surface area contributed by atoms with Crippen LogP contribution >= 0.6 is 38.6 Å². The fourth-order valence-corrected chi connectivity index (χ4v) is 4.06. The second-order valence-electron chi connectivity index (χ2n) is 4.80. The van der Waals surface area contributed by atoms with Gasteiger partial charge in [-0.2, -0.15) is 0 Å². The number of anilines is 1. The van der Waals surface area contributed by atoms with E-state index in [1.165, 1.54) is 22.7 Å². The van der Waals surface area contributed by atoms with Crippen LogP contribution in [0.2, 0.25) is 0 Å². The van der Waals surface area contributed by atoms with Crippen molar-refractivity contribution in [2.24, 2.45) is 0 Å². The summed E-state index contributed by atoms with van der Waals surface area (Å²) >= 11 is 6.14. The van der Waals surface area contributed by atoms with Gasteiger partial charge in [0, 0.05) is 10.9 Å². The molecule has 3 rings (SSSR count). The predicted octanol–water partition coefficient (Wildman–Crippen LogP) is 5.20. The maximum atomic E-state index is 12.2. The van der Waals surface area contributed by atoms with Gasteiger partial charge in [-0.25, -0.2) is 4.98 Å². The molecule has 0 atom stereocenters. The van der Waals surface area contributed by atoms with Crippen LogP contribution in [0, 0.1) is 6.92 Å². The number of nitrogens with one attached hydrogen (secondary N) is 1. The van der Waals surface area contributed by atoms with E-state index in [4.69, 9.17) is 4.74 Å². The third kappa shape index (κ3) is 3.63. The Morgan fingerprint density at radius 3 is 2.83 bits per heavy atom. The van der Waals surface area contributed by atoms with Gasteiger partial charge in [0.2, 0.25) is 0 Å². The molecule has 0 saturated heterocycles. The van der Waals surface area contributed by atoms with Crippen molar-refractivity contribution in [2.75, 3.05) is 12.4 Å². The Labute approximate surface area is 150 Å². The summed E-state index contributed by atoms with van der Waals surface area (Å²) < 4.78 is 6.31. The minimum Gasteiger partial charge on any atom is -0.496 e. The molecule has 0 fully saturated rings. The molecule has 23 heavy (non-hydrogen) atoms. The number of ether oxygens (including phenoxy) is 1. The number of carbonyl (C=O) groups is 1. The quantitative estimate of drug-likeness (QED) is 0.644. The van der Waals surface area contributed by atoms with Crippen molar-refractivity contribution in [2.45, 2.75) is 6.92 Å². The molecule has 1 aromatic carbocycles. The molecule has 0 spiro atoms. The fraction of sp³-hybridized carbons (Fsp3) is 0.125. The number of thiazole rings is 1. The molecule has 0 aliphatic rings. The third-order valence-electron chi connectivity index (χ3n) is 3.15. The average molecular weight is 409 g/mol. The highest BCUT2D eigenvalue weighted by molar-refractivity contribution is 9.11. The lowest BCUT2D eigenvalue weighted by Gasteiger charge is -2.07. The molecule has 1 N–H and O–H groups in total. The Balaban J connectivity index is 1.83. The Morgan fingerprint density at radius 2 is 2.13 bits per heavy atom. The molecule has 0 aliphatic heterocycles. The van der Waals surface area contributed by atoms with Gasteiger partial charge < -0.3 is 4.74 Å². The number of halogens is 1. The lowest BCUT2D eigenvalue weighted by Crippen LogP contribution is -2.09. The van der Waals surface area contributed by atoms with Gasteiger partial charge in [0.25, 0.3) is 5.91 Å². The van der Waals surface area contributed by atoms with E-state index in [2.05, 4.69) is 26.2 Å². The van der Waals surface area contributed by atoms with Crippen molar-refractivity contribution < 1.29 is 9.53 Å². The SMILES string of the molecule is COc1ccc(C)cc1-c1csc(NC(=O)c2ccc(Br)s2)n1. The minimum atomic E-state index is -0.155. The van der Waals surface area contributed by atoms with Gasteiger partial charge >= 0.3 is 0 Å². The van der Waals surface area contributed by atoms with Crippen molar-refractivity contribution in [3.8, 4) is 17.0 Å². The summed E-state index contributed by atoms with van der Waals surface area (Å²) in [6, 6.07) is 9.57. The van der Waals surface area contributed by atoms with Crippen LogP contribution in [0.15, 0.2) is 39.5 Å². The van der Waals surface area contributed by atoms with Gasteiger partial charge in [-0.1, -0.05) is 11.6 Å². The highest BCUT2D eigenvalue weighted by atomic mass is 79.9. The zero-order valence-electron chi connectivity index (χ0n) is 12.4. The Morgan fingerprint density at radius 1 is 1.30 bits per heavy atom. The van der Waals surface area contributed by atoms with E-state index in [-0.39, 0.29) is 5.91 Å². The number of hydrogen-bond donors (Lipinski definition) is 1. The monoisotopic (exact) mass is 408 g/mol. The second-order valence-corrected chi connectivity index (χ2v) is 8.12. The lowest BCUT2D eigenvalue weighted by atomic mass is 10.1. The van der Waals surface area contributed by atoms with Crippen molar-refractivity contribution in [3.05, 3.63) is 49.9 Å². The van der Waals surface area contributed by atoms with Gasteiger partial charge in [0.15, 0.2) is 5.13 Å². The average Bonchev–Trinajstić information content (AvgIpc) is 3.16. The molecule has 2 heterocycles. The third-order valence-corrected chi connectivity index (χ3v) is 5.53. The van der Waals surface area contributed by atoms with Crippen LogP contribution in [0.1, 0.15) is 15.2 Å². The highest BCUT2D eigenvalue weighted by Gasteiger charge is 2.14. The van der Waals surface area contributed by atoms with Gasteiger partial charge in [-0.05, 0) is 47.1 Å². The first-order valence-corrected chi connectivity index (χ1v) is 9.23. The normalized spacial score (nSPS) is 10.6. The number of rotatable bonds is 4. The summed E-state index contributed by atoms with van der Waals surface area (Å²) in [6.07, 6.45) is 0. The number of carbonyl (C=O) groups excluding carboxylic acids is 1. The lowest BCUT2D eigenvalue weighted by molar-refractivity contribution is 0.103. The largest absolute Gasteiger partial charge is 0.496 e. The van der Waals surface area contributed by atoms with E-state index >= 15 is 0 Å².